The average Bonchev–Trinajstić information content (AvgIpc) is 2.25. The predicted octanol–water partition coefficient (Wildman–Crippen LogP) is 1.60. The van der Waals surface area contributed by atoms with Gasteiger partial charge < -0.3 is 11.0 Å². The van der Waals surface area contributed by atoms with Gasteiger partial charge >= 0.3 is 0 Å². The first-order valence-corrected chi connectivity index (χ1v) is 6.48. The van der Waals surface area contributed by atoms with Crippen LogP contribution in [0.15, 0.2) is 30.3 Å². The van der Waals surface area contributed by atoms with Crippen molar-refractivity contribution in [3.8, 4) is 0 Å². The van der Waals surface area contributed by atoms with E-state index in [1.54, 1.807) is 0 Å². The number of hydrogen-bond acceptors (Lipinski definition) is 1. The Hall–Kier alpha value is -0.445. The van der Waals surface area contributed by atoms with Crippen molar-refractivity contribution >= 4 is 23.6 Å². The Labute approximate surface area is 104 Å². The maximum absolute atomic E-state index is 2.26. The van der Waals surface area contributed by atoms with Gasteiger partial charge in [0.15, 0.2) is 0 Å². The summed E-state index contributed by atoms with van der Waals surface area (Å²) in [7, 11) is 0. The highest BCUT2D eigenvalue weighted by Crippen LogP contribution is 2.05. The molecule has 0 aliphatic carbocycles. The van der Waals surface area contributed by atoms with Gasteiger partial charge in [-0.05, 0) is 12.2 Å². The molecule has 0 aliphatic heterocycles. The highest BCUT2D eigenvalue weighted by molar-refractivity contribution is 8.23. The number of hydrogen-bond donors (Lipinski definition) is 0. The van der Waals surface area contributed by atoms with Crippen LogP contribution >= 0.6 is 11.6 Å². The summed E-state index contributed by atoms with van der Waals surface area (Å²) in [6.07, 6.45) is 5.44. The smallest absolute Gasteiger partial charge is 0.229 e. The lowest BCUT2D eigenvalue weighted by Crippen LogP contribution is -2.09. The third-order valence-electron chi connectivity index (χ3n) is 2.13. The summed E-state index contributed by atoms with van der Waals surface area (Å²) < 4.78 is 0. The van der Waals surface area contributed by atoms with Crippen LogP contribution in [-0.2, 0) is 0 Å². The Morgan fingerprint density at radius 3 is 2.31 bits per heavy atom. The van der Waals surface area contributed by atoms with Crippen LogP contribution in [0.4, 0.5) is 0 Å². The van der Waals surface area contributed by atoms with Crippen molar-refractivity contribution < 1.29 is 11.0 Å². The molecule has 0 atom stereocenters. The van der Waals surface area contributed by atoms with Crippen molar-refractivity contribution in [2.75, 3.05) is 5.75 Å². The van der Waals surface area contributed by atoms with Gasteiger partial charge in [-0.1, -0.05) is 62.0 Å². The van der Waals surface area contributed by atoms with E-state index in [1.807, 2.05) is 11.6 Å². The fourth-order valence-corrected chi connectivity index (χ4v) is 2.14. The van der Waals surface area contributed by atoms with E-state index in [0.717, 1.165) is 0 Å². The topological polar surface area (TPSA) is 63.0 Å². The molecule has 0 aliphatic rings. The molecule has 0 saturated heterocycles. The van der Waals surface area contributed by atoms with Gasteiger partial charge in [-0.25, -0.2) is 11.6 Å². The Morgan fingerprint density at radius 2 is 1.69 bits per heavy atom. The van der Waals surface area contributed by atoms with Gasteiger partial charge in [0, 0.05) is 0 Å². The van der Waals surface area contributed by atoms with E-state index < -0.39 is 0 Å². The molecule has 2 nitrogen and oxygen atoms in total. The second-order valence-electron chi connectivity index (χ2n) is 3.46. The molecule has 0 saturated carbocycles. The molecule has 0 aromatic heterocycles. The molecule has 1 rings (SSSR count). The molecular formula is C12H22BO2S. The lowest BCUT2D eigenvalue weighted by atomic mass is 9.95. The fraction of sp³-hybridized carbons (Fsp3) is 0.500. The van der Waals surface area contributed by atoms with Crippen LogP contribution in [0.3, 0.4) is 0 Å². The summed E-state index contributed by atoms with van der Waals surface area (Å²) >= 11 is 1.93. The van der Waals surface area contributed by atoms with Gasteiger partial charge in [-0.3, -0.25) is 0 Å². The van der Waals surface area contributed by atoms with Crippen molar-refractivity contribution in [3.05, 3.63) is 30.3 Å². The van der Waals surface area contributed by atoms with Gasteiger partial charge in [0.25, 0.3) is 0 Å². The van der Waals surface area contributed by atoms with E-state index in [1.165, 1.54) is 36.9 Å². The minimum Gasteiger partial charge on any atom is -0.412 e. The van der Waals surface area contributed by atoms with Crippen LogP contribution in [0.2, 0.25) is 0 Å². The van der Waals surface area contributed by atoms with E-state index >= 15 is 0 Å². The summed E-state index contributed by atoms with van der Waals surface area (Å²) in [5.74, 6) is 1.26. The molecule has 0 bridgehead atoms. The Morgan fingerprint density at radius 1 is 1.00 bits per heavy atom. The van der Waals surface area contributed by atoms with E-state index in [9.17, 15) is 0 Å². The van der Waals surface area contributed by atoms with Crippen LogP contribution < -0.4 is 5.46 Å². The van der Waals surface area contributed by atoms with Crippen LogP contribution in [0, 0.1) is 0 Å². The number of benzene rings is 1. The lowest BCUT2D eigenvalue weighted by Gasteiger charge is -2.00. The molecular weight excluding hydrogens is 219 g/mol. The zero-order chi connectivity index (χ0) is 10.1. The van der Waals surface area contributed by atoms with Crippen molar-refractivity contribution in [1.29, 1.82) is 0 Å². The standard InChI is InChI=1S/C12H18BS.2H2O/c1-2-3-4-8-11-14-13-12-9-6-5-7-10-12;;/h5-7,9-10H,2-4,8,11H2,1H3;2*1H2. The van der Waals surface area contributed by atoms with E-state index in [-0.39, 0.29) is 11.0 Å². The highest BCUT2D eigenvalue weighted by atomic mass is 32.2. The molecule has 0 spiro atoms. The van der Waals surface area contributed by atoms with Crippen molar-refractivity contribution in [3.63, 3.8) is 0 Å². The lowest BCUT2D eigenvalue weighted by molar-refractivity contribution is 0.707. The van der Waals surface area contributed by atoms with Gasteiger partial charge in [-0.15, -0.1) is 0 Å². The van der Waals surface area contributed by atoms with E-state index in [4.69, 9.17) is 0 Å². The van der Waals surface area contributed by atoms with Gasteiger partial charge in [0.2, 0.25) is 6.56 Å². The third-order valence-corrected chi connectivity index (χ3v) is 3.10. The first-order chi connectivity index (χ1) is 6.93. The predicted molar refractivity (Wildman–Crippen MR) is 75.7 cm³/mol. The minimum absolute atomic E-state index is 0. The van der Waals surface area contributed by atoms with Crippen molar-refractivity contribution in [2.24, 2.45) is 0 Å². The van der Waals surface area contributed by atoms with Crippen molar-refractivity contribution in [2.45, 2.75) is 32.6 Å². The molecule has 4 N–H and O–H groups in total. The summed E-state index contributed by atoms with van der Waals surface area (Å²) in [5, 5.41) is 0. The van der Waals surface area contributed by atoms with E-state index in [0.29, 0.717) is 0 Å². The van der Waals surface area contributed by atoms with E-state index in [2.05, 4.69) is 43.8 Å². The molecule has 4 heteroatoms. The maximum Gasteiger partial charge on any atom is 0.229 e. The van der Waals surface area contributed by atoms with Crippen LogP contribution in [0.25, 0.3) is 0 Å². The molecule has 16 heavy (non-hydrogen) atoms. The second-order valence-corrected chi connectivity index (χ2v) is 4.44. The summed E-state index contributed by atoms with van der Waals surface area (Å²) in [6.45, 7) is 4.51. The quantitative estimate of drug-likeness (QED) is 0.528. The van der Waals surface area contributed by atoms with Crippen LogP contribution in [0.5, 0.6) is 0 Å². The Kier molecular flexibility index (Phi) is 14.2. The molecule has 0 fully saturated rings. The van der Waals surface area contributed by atoms with Crippen molar-refractivity contribution in [1.82, 2.24) is 0 Å². The minimum atomic E-state index is 0. The van der Waals surface area contributed by atoms with Gasteiger partial charge in [0.05, 0.1) is 0 Å². The number of rotatable bonds is 7. The first kappa shape index (κ1) is 17.9. The first-order valence-electron chi connectivity index (χ1n) is 5.43. The Bertz CT molecular complexity index is 232. The maximum atomic E-state index is 2.26. The van der Waals surface area contributed by atoms with Crippen LogP contribution in [-0.4, -0.2) is 23.3 Å². The molecule has 0 heterocycles. The molecule has 1 radical (unpaired) electrons. The van der Waals surface area contributed by atoms with Gasteiger partial charge in [0.1, 0.15) is 0 Å². The summed E-state index contributed by atoms with van der Waals surface area (Å²) in [4.78, 5) is 0. The molecule has 1 aromatic carbocycles. The van der Waals surface area contributed by atoms with Crippen LogP contribution in [0.1, 0.15) is 32.6 Å². The zero-order valence-corrected chi connectivity index (χ0v) is 10.7. The largest absolute Gasteiger partial charge is 0.412 e. The Balaban J connectivity index is 0. The monoisotopic (exact) mass is 241 g/mol. The molecule has 0 amide bonds. The normalized spacial score (nSPS) is 8.81. The average molecular weight is 241 g/mol. The summed E-state index contributed by atoms with van der Waals surface area (Å²) in [6, 6.07) is 10.5. The molecule has 91 valence electrons. The zero-order valence-electron chi connectivity index (χ0n) is 9.91. The molecule has 1 aromatic rings. The van der Waals surface area contributed by atoms with Gasteiger partial charge in [-0.2, -0.15) is 0 Å². The second kappa shape index (κ2) is 12.6. The highest BCUT2D eigenvalue weighted by Gasteiger charge is 1.94. The SMILES string of the molecule is CCCCCCS[B]c1ccccc1.O.O. The third kappa shape index (κ3) is 8.83. The fourth-order valence-electron chi connectivity index (χ4n) is 1.30. The number of unbranched alkanes of at least 4 members (excludes halogenated alkanes) is 3. The molecule has 0 unspecified atom stereocenters. The summed E-state index contributed by atoms with van der Waals surface area (Å²) in [5.41, 5.74) is 1.33.